The van der Waals surface area contributed by atoms with Crippen LogP contribution in [0.15, 0.2) is 12.2 Å². The highest BCUT2D eigenvalue weighted by molar-refractivity contribution is 5.93. The number of likely N-dealkylation sites (N-methyl/N-ethyl adjacent to an activating group) is 1. The van der Waals surface area contributed by atoms with Gasteiger partial charge in [0.1, 0.15) is 5.60 Å². The number of carbonyl (C=O) groups excluding carboxylic acids is 2. The highest BCUT2D eigenvalue weighted by Crippen LogP contribution is 2.52. The van der Waals surface area contributed by atoms with E-state index < -0.39 is 5.60 Å². The summed E-state index contributed by atoms with van der Waals surface area (Å²) in [6.07, 6.45) is 6.98. The number of hydrogen-bond acceptors (Lipinski definition) is 4. The van der Waals surface area contributed by atoms with E-state index in [9.17, 15) is 9.59 Å². The van der Waals surface area contributed by atoms with Crippen molar-refractivity contribution >= 4 is 11.8 Å². The molecule has 4 aliphatic rings. The maximum atomic E-state index is 13.4. The first-order chi connectivity index (χ1) is 13.0. The van der Waals surface area contributed by atoms with Gasteiger partial charge >= 0.3 is 0 Å². The molecule has 6 nitrogen and oxygen atoms in total. The van der Waals surface area contributed by atoms with Crippen LogP contribution in [0.4, 0.5) is 0 Å². The normalized spacial score (nSPS) is 36.0. The first-order valence-electron chi connectivity index (χ1n) is 10.6. The number of hydrogen-bond donors (Lipinski definition) is 0. The van der Waals surface area contributed by atoms with Crippen LogP contribution in [0.1, 0.15) is 33.1 Å². The van der Waals surface area contributed by atoms with Gasteiger partial charge in [-0.1, -0.05) is 38.8 Å². The fraction of sp³-hybridized carbons (Fsp3) is 0.810. The molecule has 4 rings (SSSR count). The van der Waals surface area contributed by atoms with Crippen LogP contribution in [0.5, 0.6) is 0 Å². The molecule has 0 saturated carbocycles. The molecule has 27 heavy (non-hydrogen) atoms. The molecular formula is C21H33N3O3. The first kappa shape index (κ1) is 18.9. The molecule has 0 aliphatic carbocycles. The van der Waals surface area contributed by atoms with Gasteiger partial charge in [0.25, 0.3) is 0 Å². The van der Waals surface area contributed by atoms with Crippen LogP contribution in [0.25, 0.3) is 0 Å². The summed E-state index contributed by atoms with van der Waals surface area (Å²) in [5.41, 5.74) is -0.573. The average molecular weight is 376 g/mol. The Labute approximate surface area is 162 Å². The molecule has 2 unspecified atom stereocenters. The Morgan fingerprint density at radius 1 is 1.26 bits per heavy atom. The van der Waals surface area contributed by atoms with Crippen molar-refractivity contribution in [2.45, 2.75) is 44.8 Å². The third-order valence-electron chi connectivity index (χ3n) is 7.13. The number of fused-ring (bicyclic) bond motifs is 1. The molecule has 3 saturated heterocycles. The molecule has 150 valence electrons. The zero-order valence-electron chi connectivity index (χ0n) is 16.9. The highest BCUT2D eigenvalue weighted by atomic mass is 16.5. The maximum Gasteiger partial charge on any atom is 0.230 e. The van der Waals surface area contributed by atoms with Crippen LogP contribution in [0, 0.1) is 17.8 Å². The Balaban J connectivity index is 1.53. The van der Waals surface area contributed by atoms with E-state index in [0.29, 0.717) is 12.5 Å². The van der Waals surface area contributed by atoms with Gasteiger partial charge in [0.05, 0.1) is 24.5 Å². The van der Waals surface area contributed by atoms with E-state index in [-0.39, 0.29) is 29.8 Å². The minimum absolute atomic E-state index is 0.115. The van der Waals surface area contributed by atoms with E-state index in [1.54, 1.807) is 0 Å². The fourth-order valence-corrected chi connectivity index (χ4v) is 5.35. The molecule has 2 amide bonds. The molecule has 1 spiro atoms. The Morgan fingerprint density at radius 2 is 2.04 bits per heavy atom. The van der Waals surface area contributed by atoms with Crippen molar-refractivity contribution in [3.63, 3.8) is 0 Å². The highest BCUT2D eigenvalue weighted by Gasteiger charge is 2.67. The summed E-state index contributed by atoms with van der Waals surface area (Å²) in [5.74, 6) is 0.0666. The molecule has 6 heteroatoms. The van der Waals surface area contributed by atoms with E-state index in [2.05, 4.69) is 31.9 Å². The molecule has 0 aromatic carbocycles. The van der Waals surface area contributed by atoms with Crippen molar-refractivity contribution in [3.8, 4) is 0 Å². The Bertz CT molecular complexity index is 632. The second-order valence-electron chi connectivity index (χ2n) is 8.78. The number of carbonyl (C=O) groups is 2. The van der Waals surface area contributed by atoms with Crippen molar-refractivity contribution in [1.29, 1.82) is 0 Å². The van der Waals surface area contributed by atoms with E-state index in [4.69, 9.17) is 4.74 Å². The van der Waals surface area contributed by atoms with Crippen molar-refractivity contribution in [3.05, 3.63) is 12.2 Å². The molecule has 0 aromatic heterocycles. The van der Waals surface area contributed by atoms with Crippen molar-refractivity contribution in [2.75, 3.05) is 46.3 Å². The van der Waals surface area contributed by atoms with Gasteiger partial charge < -0.3 is 19.4 Å². The molecule has 4 atom stereocenters. The monoisotopic (exact) mass is 375 g/mol. The van der Waals surface area contributed by atoms with Gasteiger partial charge in [-0.3, -0.25) is 9.59 Å². The number of rotatable bonds is 5. The minimum atomic E-state index is -0.573. The lowest BCUT2D eigenvalue weighted by Gasteiger charge is -2.29. The third-order valence-corrected chi connectivity index (χ3v) is 7.13. The molecule has 0 radical (unpaired) electrons. The van der Waals surface area contributed by atoms with Gasteiger partial charge in [0.15, 0.2) is 0 Å². The first-order valence-corrected chi connectivity index (χ1v) is 10.6. The number of likely N-dealkylation sites (tertiary alicyclic amines) is 1. The second-order valence-corrected chi connectivity index (χ2v) is 8.78. The summed E-state index contributed by atoms with van der Waals surface area (Å²) >= 11 is 0. The summed E-state index contributed by atoms with van der Waals surface area (Å²) in [6.45, 7) is 9.17. The molecule has 4 heterocycles. The van der Waals surface area contributed by atoms with E-state index in [1.165, 1.54) is 0 Å². The maximum absolute atomic E-state index is 13.4. The van der Waals surface area contributed by atoms with Gasteiger partial charge in [0.2, 0.25) is 11.8 Å². The van der Waals surface area contributed by atoms with Gasteiger partial charge in [-0.05, 0) is 25.9 Å². The smallest absolute Gasteiger partial charge is 0.230 e. The lowest BCUT2D eigenvalue weighted by molar-refractivity contribution is -0.143. The Morgan fingerprint density at radius 3 is 2.78 bits per heavy atom. The molecular weight excluding hydrogens is 342 g/mol. The second kappa shape index (κ2) is 7.21. The van der Waals surface area contributed by atoms with Crippen LogP contribution in [0.2, 0.25) is 0 Å². The summed E-state index contributed by atoms with van der Waals surface area (Å²) in [4.78, 5) is 32.9. The van der Waals surface area contributed by atoms with E-state index in [0.717, 1.165) is 52.0 Å². The van der Waals surface area contributed by atoms with Gasteiger partial charge in [-0.25, -0.2) is 0 Å². The Hall–Kier alpha value is -1.40. The fourth-order valence-electron chi connectivity index (χ4n) is 5.35. The summed E-state index contributed by atoms with van der Waals surface area (Å²) in [6, 6.07) is 0. The van der Waals surface area contributed by atoms with Crippen LogP contribution in [-0.4, -0.2) is 84.5 Å². The van der Waals surface area contributed by atoms with Gasteiger partial charge in [-0.2, -0.15) is 0 Å². The lowest BCUT2D eigenvalue weighted by atomic mass is 9.76. The topological polar surface area (TPSA) is 53.1 Å². The van der Waals surface area contributed by atoms with E-state index >= 15 is 0 Å². The van der Waals surface area contributed by atoms with Crippen molar-refractivity contribution in [1.82, 2.24) is 14.7 Å². The lowest BCUT2D eigenvalue weighted by Crippen LogP contribution is -2.47. The van der Waals surface area contributed by atoms with Crippen molar-refractivity contribution in [2.24, 2.45) is 17.8 Å². The number of nitrogens with zero attached hydrogens (tertiary/aromatic N) is 3. The number of amides is 2. The van der Waals surface area contributed by atoms with E-state index in [1.807, 2.05) is 15.9 Å². The van der Waals surface area contributed by atoms with Gasteiger partial charge in [0, 0.05) is 26.2 Å². The quantitative estimate of drug-likeness (QED) is 0.681. The van der Waals surface area contributed by atoms with Crippen LogP contribution in [0.3, 0.4) is 0 Å². The average Bonchev–Trinajstić information content (AvgIpc) is 3.23. The SMILES string of the molecule is CCC(CC)CN1C[C@]23C=C[C@H](O2)C(C(=O)N2CCCN(C)CC2)C3C1=O. The minimum Gasteiger partial charge on any atom is -0.360 e. The van der Waals surface area contributed by atoms with Crippen LogP contribution < -0.4 is 0 Å². The molecule has 2 bridgehead atoms. The predicted octanol–water partition coefficient (Wildman–Crippen LogP) is 1.37. The predicted molar refractivity (Wildman–Crippen MR) is 103 cm³/mol. The van der Waals surface area contributed by atoms with Crippen LogP contribution >= 0.6 is 0 Å². The molecule has 0 N–H and O–H groups in total. The van der Waals surface area contributed by atoms with Crippen LogP contribution in [-0.2, 0) is 14.3 Å². The zero-order chi connectivity index (χ0) is 19.2. The van der Waals surface area contributed by atoms with Crippen molar-refractivity contribution < 1.29 is 14.3 Å². The summed E-state index contributed by atoms with van der Waals surface area (Å²) in [7, 11) is 2.10. The molecule has 4 aliphatic heterocycles. The Kier molecular flexibility index (Phi) is 5.06. The summed E-state index contributed by atoms with van der Waals surface area (Å²) in [5, 5.41) is 0. The third kappa shape index (κ3) is 3.11. The summed E-state index contributed by atoms with van der Waals surface area (Å²) < 4.78 is 6.28. The molecule has 3 fully saturated rings. The largest absolute Gasteiger partial charge is 0.360 e. The number of ether oxygens (including phenoxy) is 1. The van der Waals surface area contributed by atoms with Gasteiger partial charge in [-0.15, -0.1) is 0 Å². The zero-order valence-corrected chi connectivity index (χ0v) is 16.9. The standard InChI is InChI=1S/C21H33N3O3/c1-4-15(5-2)13-24-14-21-8-7-16(27-21)17(18(21)20(24)26)19(25)23-10-6-9-22(3)11-12-23/h7-8,15-18H,4-6,9-14H2,1-3H3/t16-,17?,18?,21-/m0/s1. The molecule has 0 aromatic rings.